The van der Waals surface area contributed by atoms with Crippen LogP contribution in [0.15, 0.2) is 0 Å². The van der Waals surface area contributed by atoms with E-state index >= 15 is 0 Å². The monoisotopic (exact) mass is 254 g/mol. The lowest BCUT2D eigenvalue weighted by Gasteiger charge is -2.05. The third-order valence-electron chi connectivity index (χ3n) is 3.72. The highest BCUT2D eigenvalue weighted by molar-refractivity contribution is 7.99. The Balaban J connectivity index is 1.83. The van der Waals surface area contributed by atoms with Crippen LogP contribution < -0.4 is 5.73 Å². The highest BCUT2D eigenvalue weighted by atomic mass is 32.2. The van der Waals surface area contributed by atoms with Gasteiger partial charge in [0.25, 0.3) is 0 Å². The van der Waals surface area contributed by atoms with Gasteiger partial charge in [0.15, 0.2) is 0 Å². The maximum Gasteiger partial charge on any atom is 0.110 e. The van der Waals surface area contributed by atoms with Crippen LogP contribution in [0, 0.1) is 0 Å². The van der Waals surface area contributed by atoms with Crippen molar-refractivity contribution < 1.29 is 0 Å². The molecule has 2 nitrogen and oxygen atoms in total. The standard InChI is InChI=1S/C12H18N2S2/c13-11-10(9-5-6-15-7-9)14-12(16-11)8-3-1-2-4-8/h8-9H,1-7,13H2. The fraction of sp³-hybridized carbons (Fsp3) is 0.750. The van der Waals surface area contributed by atoms with Gasteiger partial charge in [-0.25, -0.2) is 4.98 Å². The van der Waals surface area contributed by atoms with Crippen LogP contribution in [0.3, 0.4) is 0 Å². The van der Waals surface area contributed by atoms with E-state index in [9.17, 15) is 0 Å². The van der Waals surface area contributed by atoms with Crippen molar-refractivity contribution in [3.05, 3.63) is 10.7 Å². The molecular weight excluding hydrogens is 236 g/mol. The molecule has 3 rings (SSSR count). The summed E-state index contributed by atoms with van der Waals surface area (Å²) in [6, 6.07) is 0. The number of rotatable bonds is 2. The molecule has 0 aromatic carbocycles. The number of anilines is 1. The predicted molar refractivity (Wildman–Crippen MR) is 72.4 cm³/mol. The fourth-order valence-electron chi connectivity index (χ4n) is 2.75. The molecule has 4 heteroatoms. The second kappa shape index (κ2) is 4.57. The zero-order valence-electron chi connectivity index (χ0n) is 9.45. The average molecular weight is 254 g/mol. The molecule has 2 aliphatic rings. The Hall–Kier alpha value is -0.220. The molecule has 1 aromatic rings. The lowest BCUT2D eigenvalue weighted by molar-refractivity contribution is 0.696. The first-order chi connectivity index (χ1) is 7.84. The molecule has 1 saturated carbocycles. The van der Waals surface area contributed by atoms with Crippen LogP contribution in [-0.2, 0) is 0 Å². The molecule has 16 heavy (non-hydrogen) atoms. The highest BCUT2D eigenvalue weighted by Gasteiger charge is 2.26. The van der Waals surface area contributed by atoms with Gasteiger partial charge in [0.2, 0.25) is 0 Å². The predicted octanol–water partition coefficient (Wildman–Crippen LogP) is 3.60. The van der Waals surface area contributed by atoms with E-state index in [1.807, 2.05) is 11.8 Å². The van der Waals surface area contributed by atoms with Gasteiger partial charge in [0, 0.05) is 17.6 Å². The first-order valence-electron chi connectivity index (χ1n) is 6.18. The molecule has 0 bridgehead atoms. The van der Waals surface area contributed by atoms with Crippen LogP contribution in [0.2, 0.25) is 0 Å². The molecule has 2 N–H and O–H groups in total. The third kappa shape index (κ3) is 1.97. The Kier molecular flexibility index (Phi) is 3.11. The number of nitrogens with zero attached hydrogens (tertiary/aromatic N) is 1. The van der Waals surface area contributed by atoms with Crippen molar-refractivity contribution >= 4 is 28.1 Å². The highest BCUT2D eigenvalue weighted by Crippen LogP contribution is 2.42. The number of aromatic nitrogens is 1. The van der Waals surface area contributed by atoms with Crippen molar-refractivity contribution in [1.29, 1.82) is 0 Å². The summed E-state index contributed by atoms with van der Waals surface area (Å²) in [6.07, 6.45) is 6.66. The molecule has 0 spiro atoms. The van der Waals surface area contributed by atoms with E-state index in [-0.39, 0.29) is 0 Å². The van der Waals surface area contributed by atoms with Gasteiger partial charge in [0.05, 0.1) is 10.7 Å². The van der Waals surface area contributed by atoms with Gasteiger partial charge in [-0.1, -0.05) is 12.8 Å². The molecule has 0 radical (unpaired) electrons. The zero-order valence-corrected chi connectivity index (χ0v) is 11.1. The van der Waals surface area contributed by atoms with Gasteiger partial charge in [-0.05, 0) is 25.0 Å². The molecule has 1 atom stereocenters. The lowest BCUT2D eigenvalue weighted by atomic mass is 10.1. The Morgan fingerprint density at radius 1 is 1.12 bits per heavy atom. The summed E-state index contributed by atoms with van der Waals surface area (Å²) in [5.41, 5.74) is 7.35. The molecule has 2 heterocycles. The number of hydrogen-bond acceptors (Lipinski definition) is 4. The van der Waals surface area contributed by atoms with Crippen molar-refractivity contribution in [3.8, 4) is 0 Å². The first kappa shape index (κ1) is 10.9. The number of hydrogen-bond donors (Lipinski definition) is 1. The molecule has 1 aliphatic heterocycles. The molecule has 1 aliphatic carbocycles. The van der Waals surface area contributed by atoms with E-state index in [4.69, 9.17) is 10.7 Å². The van der Waals surface area contributed by atoms with E-state index in [0.29, 0.717) is 5.92 Å². The third-order valence-corrected chi connectivity index (χ3v) is 5.94. The summed E-state index contributed by atoms with van der Waals surface area (Å²) >= 11 is 3.79. The number of thioether (sulfide) groups is 1. The van der Waals surface area contributed by atoms with Crippen molar-refractivity contribution in [3.63, 3.8) is 0 Å². The molecular formula is C12H18N2S2. The average Bonchev–Trinajstić information content (AvgIpc) is 2.97. The summed E-state index contributed by atoms with van der Waals surface area (Å²) < 4.78 is 0. The van der Waals surface area contributed by atoms with Gasteiger partial charge in [-0.15, -0.1) is 11.3 Å². The minimum Gasteiger partial charge on any atom is -0.389 e. The van der Waals surface area contributed by atoms with Crippen LogP contribution in [-0.4, -0.2) is 16.5 Å². The van der Waals surface area contributed by atoms with Crippen LogP contribution in [0.1, 0.15) is 54.6 Å². The van der Waals surface area contributed by atoms with Crippen molar-refractivity contribution in [2.75, 3.05) is 17.2 Å². The van der Waals surface area contributed by atoms with Gasteiger partial charge < -0.3 is 5.73 Å². The Bertz CT molecular complexity index is 363. The van der Waals surface area contributed by atoms with Gasteiger partial charge in [0.1, 0.15) is 5.00 Å². The SMILES string of the molecule is Nc1sc(C2CCCC2)nc1C1CCSC1. The largest absolute Gasteiger partial charge is 0.389 e. The van der Waals surface area contributed by atoms with Crippen LogP contribution >= 0.6 is 23.1 Å². The van der Waals surface area contributed by atoms with E-state index in [0.717, 1.165) is 10.9 Å². The minimum absolute atomic E-state index is 0.636. The molecule has 1 unspecified atom stereocenters. The molecule has 88 valence electrons. The minimum atomic E-state index is 0.636. The second-order valence-electron chi connectivity index (χ2n) is 4.84. The topological polar surface area (TPSA) is 38.9 Å². The van der Waals surface area contributed by atoms with Gasteiger partial charge in [-0.2, -0.15) is 11.8 Å². The van der Waals surface area contributed by atoms with Crippen LogP contribution in [0.4, 0.5) is 5.00 Å². The lowest BCUT2D eigenvalue weighted by Crippen LogP contribution is -2.01. The number of nitrogen functional groups attached to an aromatic ring is 1. The van der Waals surface area contributed by atoms with Crippen molar-refractivity contribution in [2.45, 2.75) is 43.9 Å². The maximum atomic E-state index is 6.14. The Morgan fingerprint density at radius 3 is 2.62 bits per heavy atom. The zero-order chi connectivity index (χ0) is 11.0. The summed E-state index contributed by atoms with van der Waals surface area (Å²) in [5.74, 6) is 3.85. The van der Waals surface area contributed by atoms with Crippen molar-refractivity contribution in [2.24, 2.45) is 0 Å². The van der Waals surface area contributed by atoms with Gasteiger partial charge >= 0.3 is 0 Å². The molecule has 1 aromatic heterocycles. The van der Waals surface area contributed by atoms with Crippen molar-refractivity contribution in [1.82, 2.24) is 4.98 Å². The van der Waals surface area contributed by atoms with E-state index < -0.39 is 0 Å². The van der Waals surface area contributed by atoms with E-state index in [1.54, 1.807) is 11.3 Å². The van der Waals surface area contributed by atoms with Crippen LogP contribution in [0.5, 0.6) is 0 Å². The molecule has 1 saturated heterocycles. The summed E-state index contributed by atoms with van der Waals surface area (Å²) in [5, 5.41) is 2.32. The number of thiazole rings is 1. The summed E-state index contributed by atoms with van der Waals surface area (Å²) in [6.45, 7) is 0. The summed E-state index contributed by atoms with van der Waals surface area (Å²) in [7, 11) is 0. The number of nitrogens with two attached hydrogens (primary N) is 1. The Morgan fingerprint density at radius 2 is 1.94 bits per heavy atom. The van der Waals surface area contributed by atoms with E-state index in [2.05, 4.69) is 0 Å². The Labute approximate surface area is 105 Å². The normalized spacial score (nSPS) is 26.6. The smallest absolute Gasteiger partial charge is 0.110 e. The fourth-order valence-corrected chi connectivity index (χ4v) is 5.07. The maximum absolute atomic E-state index is 6.14. The quantitative estimate of drug-likeness (QED) is 0.876. The summed E-state index contributed by atoms with van der Waals surface area (Å²) in [4.78, 5) is 4.85. The second-order valence-corrected chi connectivity index (χ2v) is 7.06. The molecule has 2 fully saturated rings. The van der Waals surface area contributed by atoms with Gasteiger partial charge in [-0.3, -0.25) is 0 Å². The van der Waals surface area contributed by atoms with Crippen LogP contribution in [0.25, 0.3) is 0 Å². The van der Waals surface area contributed by atoms with E-state index in [1.165, 1.54) is 54.3 Å². The molecule has 0 amide bonds. The first-order valence-corrected chi connectivity index (χ1v) is 8.15.